The fourth-order valence-corrected chi connectivity index (χ4v) is 2.37. The van der Waals surface area contributed by atoms with Crippen LogP contribution in [0.2, 0.25) is 0 Å². The third-order valence-electron chi connectivity index (χ3n) is 3.34. The number of anilines is 2. The quantitative estimate of drug-likeness (QED) is 0.792. The number of likely N-dealkylation sites (N-methyl/N-ethyl adjacent to an activating group) is 1. The first-order valence-electron chi connectivity index (χ1n) is 5.80. The molecule has 1 saturated carbocycles. The molecule has 3 N–H and O–H groups in total. The van der Waals surface area contributed by atoms with Gasteiger partial charge in [0.25, 0.3) is 0 Å². The highest BCUT2D eigenvalue weighted by Gasteiger charge is 2.26. The molecular formula is C12H19N3O. The molecule has 4 heteroatoms. The predicted molar refractivity (Wildman–Crippen MR) is 65.3 cm³/mol. The van der Waals surface area contributed by atoms with E-state index in [9.17, 15) is 5.11 Å². The van der Waals surface area contributed by atoms with Crippen molar-refractivity contribution >= 4 is 11.4 Å². The highest BCUT2D eigenvalue weighted by Crippen LogP contribution is 2.26. The van der Waals surface area contributed by atoms with Gasteiger partial charge in [0.2, 0.25) is 0 Å². The zero-order valence-electron chi connectivity index (χ0n) is 9.63. The van der Waals surface area contributed by atoms with E-state index in [4.69, 9.17) is 5.73 Å². The summed E-state index contributed by atoms with van der Waals surface area (Å²) < 4.78 is 0. The van der Waals surface area contributed by atoms with Gasteiger partial charge in [-0.25, -0.2) is 0 Å². The number of pyridine rings is 1. The molecule has 0 aromatic carbocycles. The molecule has 1 fully saturated rings. The standard InChI is InChI=1S/C12H19N3O/c1-15(10-6-9(13)7-14-8-10)11-4-2-3-5-12(11)16/h6-8,11-12,16H,2-5,13H2,1H3. The van der Waals surface area contributed by atoms with Crippen molar-refractivity contribution < 1.29 is 5.11 Å². The minimum Gasteiger partial charge on any atom is -0.397 e. The summed E-state index contributed by atoms with van der Waals surface area (Å²) in [5, 5.41) is 9.98. The first kappa shape index (κ1) is 11.2. The molecule has 0 saturated heterocycles. The molecule has 1 aliphatic rings. The van der Waals surface area contributed by atoms with Crippen LogP contribution >= 0.6 is 0 Å². The Hall–Kier alpha value is -1.29. The fraction of sp³-hybridized carbons (Fsp3) is 0.583. The third-order valence-corrected chi connectivity index (χ3v) is 3.34. The van der Waals surface area contributed by atoms with Gasteiger partial charge in [0, 0.05) is 13.2 Å². The Morgan fingerprint density at radius 1 is 1.38 bits per heavy atom. The van der Waals surface area contributed by atoms with Crippen LogP contribution in [0, 0.1) is 0 Å². The van der Waals surface area contributed by atoms with Crippen molar-refractivity contribution in [3.63, 3.8) is 0 Å². The maximum absolute atomic E-state index is 9.98. The molecule has 0 aliphatic heterocycles. The van der Waals surface area contributed by atoms with E-state index in [-0.39, 0.29) is 12.1 Å². The minimum atomic E-state index is -0.236. The largest absolute Gasteiger partial charge is 0.397 e. The second-order valence-corrected chi connectivity index (χ2v) is 4.51. The topological polar surface area (TPSA) is 62.4 Å². The maximum Gasteiger partial charge on any atom is 0.0743 e. The lowest BCUT2D eigenvalue weighted by molar-refractivity contribution is 0.106. The summed E-state index contributed by atoms with van der Waals surface area (Å²) in [7, 11) is 2.00. The van der Waals surface area contributed by atoms with Gasteiger partial charge < -0.3 is 15.7 Å². The maximum atomic E-state index is 9.98. The number of hydrogen-bond acceptors (Lipinski definition) is 4. The Kier molecular flexibility index (Phi) is 3.29. The summed E-state index contributed by atoms with van der Waals surface area (Å²) >= 11 is 0. The van der Waals surface area contributed by atoms with E-state index in [0.717, 1.165) is 24.9 Å². The van der Waals surface area contributed by atoms with E-state index in [1.807, 2.05) is 13.1 Å². The number of nitrogens with zero attached hydrogens (tertiary/aromatic N) is 2. The normalized spacial score (nSPS) is 25.4. The van der Waals surface area contributed by atoms with E-state index in [1.165, 1.54) is 6.42 Å². The molecular weight excluding hydrogens is 202 g/mol. The zero-order chi connectivity index (χ0) is 11.5. The summed E-state index contributed by atoms with van der Waals surface area (Å²) in [6, 6.07) is 2.09. The van der Waals surface area contributed by atoms with Crippen molar-refractivity contribution in [3.8, 4) is 0 Å². The van der Waals surface area contributed by atoms with Crippen LogP contribution in [-0.2, 0) is 0 Å². The molecule has 1 heterocycles. The molecule has 16 heavy (non-hydrogen) atoms. The molecule has 0 bridgehead atoms. The smallest absolute Gasteiger partial charge is 0.0743 e. The Morgan fingerprint density at radius 2 is 2.12 bits per heavy atom. The van der Waals surface area contributed by atoms with E-state index in [1.54, 1.807) is 12.4 Å². The molecule has 1 aromatic rings. The fourth-order valence-electron chi connectivity index (χ4n) is 2.37. The van der Waals surface area contributed by atoms with Crippen molar-refractivity contribution in [2.45, 2.75) is 37.8 Å². The summed E-state index contributed by atoms with van der Waals surface area (Å²) in [6.07, 6.45) is 7.42. The lowest BCUT2D eigenvalue weighted by Gasteiger charge is -2.36. The summed E-state index contributed by atoms with van der Waals surface area (Å²) in [5.41, 5.74) is 7.35. The van der Waals surface area contributed by atoms with Crippen LogP contribution in [0.1, 0.15) is 25.7 Å². The van der Waals surface area contributed by atoms with Crippen molar-refractivity contribution in [3.05, 3.63) is 18.5 Å². The second kappa shape index (κ2) is 4.70. The second-order valence-electron chi connectivity index (χ2n) is 4.51. The van der Waals surface area contributed by atoms with Gasteiger partial charge >= 0.3 is 0 Å². The van der Waals surface area contributed by atoms with Gasteiger partial charge in [0.1, 0.15) is 0 Å². The Balaban J connectivity index is 2.14. The SMILES string of the molecule is CN(c1cncc(N)c1)C1CCCCC1O. The van der Waals surface area contributed by atoms with Gasteiger partial charge in [-0.15, -0.1) is 0 Å². The Labute approximate surface area is 96.1 Å². The van der Waals surface area contributed by atoms with Crippen LogP contribution in [0.15, 0.2) is 18.5 Å². The highest BCUT2D eigenvalue weighted by molar-refractivity contribution is 5.53. The van der Waals surface area contributed by atoms with E-state index >= 15 is 0 Å². The summed E-state index contributed by atoms with van der Waals surface area (Å²) in [4.78, 5) is 6.17. The number of aromatic nitrogens is 1. The average molecular weight is 221 g/mol. The number of aliphatic hydroxyl groups excluding tert-OH is 1. The Morgan fingerprint density at radius 3 is 2.81 bits per heavy atom. The third kappa shape index (κ3) is 2.27. The Bertz CT molecular complexity index is 356. The lowest BCUT2D eigenvalue weighted by atomic mass is 9.91. The van der Waals surface area contributed by atoms with Crippen molar-refractivity contribution in [2.75, 3.05) is 17.7 Å². The predicted octanol–water partition coefficient (Wildman–Crippen LogP) is 1.40. The first-order valence-corrected chi connectivity index (χ1v) is 5.80. The van der Waals surface area contributed by atoms with E-state index < -0.39 is 0 Å². The van der Waals surface area contributed by atoms with Gasteiger partial charge in [-0.1, -0.05) is 12.8 Å². The van der Waals surface area contributed by atoms with Gasteiger partial charge in [0.05, 0.1) is 29.7 Å². The monoisotopic (exact) mass is 221 g/mol. The van der Waals surface area contributed by atoms with E-state index in [2.05, 4.69) is 9.88 Å². The zero-order valence-corrected chi connectivity index (χ0v) is 9.63. The van der Waals surface area contributed by atoms with Crippen molar-refractivity contribution in [1.82, 2.24) is 4.98 Å². The number of rotatable bonds is 2. The number of aliphatic hydroxyl groups is 1. The summed E-state index contributed by atoms with van der Waals surface area (Å²) in [5.74, 6) is 0. The molecule has 88 valence electrons. The molecule has 1 aromatic heterocycles. The average Bonchev–Trinajstić information content (AvgIpc) is 2.29. The van der Waals surface area contributed by atoms with Crippen LogP contribution in [0.4, 0.5) is 11.4 Å². The van der Waals surface area contributed by atoms with Gasteiger partial charge in [-0.3, -0.25) is 4.98 Å². The number of nitrogens with two attached hydrogens (primary N) is 1. The molecule has 2 unspecified atom stereocenters. The van der Waals surface area contributed by atoms with Crippen LogP contribution in [0.5, 0.6) is 0 Å². The van der Waals surface area contributed by atoms with Crippen LogP contribution in [-0.4, -0.2) is 29.3 Å². The van der Waals surface area contributed by atoms with Crippen LogP contribution < -0.4 is 10.6 Å². The van der Waals surface area contributed by atoms with Crippen LogP contribution in [0.3, 0.4) is 0 Å². The number of hydrogen-bond donors (Lipinski definition) is 2. The molecule has 0 spiro atoms. The first-order chi connectivity index (χ1) is 7.68. The molecule has 4 nitrogen and oxygen atoms in total. The lowest BCUT2D eigenvalue weighted by Crippen LogP contribution is -2.43. The van der Waals surface area contributed by atoms with Crippen molar-refractivity contribution in [1.29, 1.82) is 0 Å². The van der Waals surface area contributed by atoms with Crippen molar-refractivity contribution in [2.24, 2.45) is 0 Å². The minimum absolute atomic E-state index is 0.192. The van der Waals surface area contributed by atoms with Gasteiger partial charge in [0.15, 0.2) is 0 Å². The molecule has 2 rings (SSSR count). The molecule has 2 atom stereocenters. The molecule has 0 radical (unpaired) electrons. The van der Waals surface area contributed by atoms with Gasteiger partial charge in [-0.05, 0) is 18.9 Å². The number of nitrogen functional groups attached to an aromatic ring is 1. The van der Waals surface area contributed by atoms with Gasteiger partial charge in [-0.2, -0.15) is 0 Å². The van der Waals surface area contributed by atoms with E-state index in [0.29, 0.717) is 5.69 Å². The van der Waals surface area contributed by atoms with Crippen LogP contribution in [0.25, 0.3) is 0 Å². The molecule has 0 amide bonds. The molecule has 1 aliphatic carbocycles. The highest BCUT2D eigenvalue weighted by atomic mass is 16.3. The summed E-state index contributed by atoms with van der Waals surface area (Å²) in [6.45, 7) is 0.